The van der Waals surface area contributed by atoms with Gasteiger partial charge >= 0.3 is 0 Å². The monoisotopic (exact) mass is 291 g/mol. The maximum absolute atomic E-state index is 11.7. The highest BCUT2D eigenvalue weighted by atomic mass is 32.1. The standard InChI is InChI=1S/C15H21N3OS/c1-9(2)15(6-5-13(19)17-15)7-12-11(4)16-14-18(12)10(3)8-20-14/h8-9H,5-7H2,1-4H3,(H,17,19). The van der Waals surface area contributed by atoms with Crippen molar-refractivity contribution in [2.45, 2.75) is 52.5 Å². The smallest absolute Gasteiger partial charge is 0.220 e. The van der Waals surface area contributed by atoms with Crippen molar-refractivity contribution in [1.82, 2.24) is 14.7 Å². The van der Waals surface area contributed by atoms with Crippen LogP contribution in [0.5, 0.6) is 0 Å². The van der Waals surface area contributed by atoms with Gasteiger partial charge in [-0.1, -0.05) is 13.8 Å². The number of hydrogen-bond donors (Lipinski definition) is 1. The van der Waals surface area contributed by atoms with Crippen molar-refractivity contribution in [1.29, 1.82) is 0 Å². The Morgan fingerprint density at radius 2 is 2.25 bits per heavy atom. The second-order valence-corrected chi connectivity index (χ2v) is 7.01. The summed E-state index contributed by atoms with van der Waals surface area (Å²) in [5.41, 5.74) is 3.44. The van der Waals surface area contributed by atoms with Gasteiger partial charge in [0.2, 0.25) is 5.91 Å². The molecule has 1 aliphatic rings. The van der Waals surface area contributed by atoms with E-state index in [-0.39, 0.29) is 11.4 Å². The number of rotatable bonds is 3. The summed E-state index contributed by atoms with van der Waals surface area (Å²) in [6.07, 6.45) is 2.42. The van der Waals surface area contributed by atoms with E-state index in [1.54, 1.807) is 11.3 Å². The first-order chi connectivity index (χ1) is 9.43. The lowest BCUT2D eigenvalue weighted by molar-refractivity contribution is -0.120. The molecule has 0 aromatic carbocycles. The summed E-state index contributed by atoms with van der Waals surface area (Å²) in [4.78, 5) is 17.4. The van der Waals surface area contributed by atoms with Crippen molar-refractivity contribution in [3.63, 3.8) is 0 Å². The Morgan fingerprint density at radius 3 is 2.85 bits per heavy atom. The van der Waals surface area contributed by atoms with Crippen LogP contribution in [0.15, 0.2) is 5.38 Å². The lowest BCUT2D eigenvalue weighted by atomic mass is 9.80. The molecule has 1 unspecified atom stereocenters. The lowest BCUT2D eigenvalue weighted by Gasteiger charge is -2.33. The summed E-state index contributed by atoms with van der Waals surface area (Å²) in [6, 6.07) is 0. The highest BCUT2D eigenvalue weighted by Crippen LogP contribution is 2.34. The van der Waals surface area contributed by atoms with Crippen LogP contribution in [0.25, 0.3) is 4.96 Å². The molecular formula is C15H21N3OS. The molecule has 1 aliphatic heterocycles. The predicted molar refractivity (Wildman–Crippen MR) is 81.2 cm³/mol. The van der Waals surface area contributed by atoms with E-state index in [1.165, 1.54) is 11.4 Å². The molecule has 2 aromatic heterocycles. The molecule has 3 heterocycles. The number of thiazole rings is 1. The van der Waals surface area contributed by atoms with Gasteiger partial charge in [0.1, 0.15) is 0 Å². The fraction of sp³-hybridized carbons (Fsp3) is 0.600. The van der Waals surface area contributed by atoms with Crippen molar-refractivity contribution in [3.05, 3.63) is 22.5 Å². The molecule has 4 nitrogen and oxygen atoms in total. The maximum Gasteiger partial charge on any atom is 0.220 e. The summed E-state index contributed by atoms with van der Waals surface area (Å²) >= 11 is 1.68. The van der Waals surface area contributed by atoms with Gasteiger partial charge in [-0.3, -0.25) is 9.20 Å². The second kappa shape index (κ2) is 4.58. The minimum Gasteiger partial charge on any atom is -0.350 e. The van der Waals surface area contributed by atoms with Crippen molar-refractivity contribution in [3.8, 4) is 0 Å². The first-order valence-electron chi connectivity index (χ1n) is 7.16. The Morgan fingerprint density at radius 1 is 1.50 bits per heavy atom. The zero-order valence-corrected chi connectivity index (χ0v) is 13.3. The average Bonchev–Trinajstić information content (AvgIpc) is 3.00. The van der Waals surface area contributed by atoms with E-state index >= 15 is 0 Å². The highest BCUT2D eigenvalue weighted by molar-refractivity contribution is 7.15. The normalized spacial score (nSPS) is 22.9. The van der Waals surface area contributed by atoms with Gasteiger partial charge in [-0.2, -0.15) is 0 Å². The third-order valence-corrected chi connectivity index (χ3v) is 5.55. The van der Waals surface area contributed by atoms with E-state index in [9.17, 15) is 4.79 Å². The van der Waals surface area contributed by atoms with Crippen molar-refractivity contribution in [2.24, 2.45) is 5.92 Å². The van der Waals surface area contributed by atoms with Crippen molar-refractivity contribution < 1.29 is 4.79 Å². The number of nitrogens with zero attached hydrogens (tertiary/aromatic N) is 2. The number of imidazole rings is 1. The third-order valence-electron chi connectivity index (χ3n) is 4.60. The van der Waals surface area contributed by atoms with E-state index in [2.05, 4.69) is 47.8 Å². The maximum atomic E-state index is 11.7. The molecular weight excluding hydrogens is 270 g/mol. The molecule has 2 aromatic rings. The van der Waals surface area contributed by atoms with Crippen LogP contribution in [0.2, 0.25) is 0 Å². The van der Waals surface area contributed by atoms with Crippen LogP contribution < -0.4 is 5.32 Å². The van der Waals surface area contributed by atoms with Gasteiger partial charge in [-0.15, -0.1) is 11.3 Å². The van der Waals surface area contributed by atoms with E-state index in [0.29, 0.717) is 12.3 Å². The van der Waals surface area contributed by atoms with Gasteiger partial charge < -0.3 is 5.32 Å². The summed E-state index contributed by atoms with van der Waals surface area (Å²) in [5.74, 6) is 0.594. The minimum atomic E-state index is -0.119. The molecule has 108 valence electrons. The van der Waals surface area contributed by atoms with Crippen molar-refractivity contribution in [2.75, 3.05) is 0 Å². The van der Waals surface area contributed by atoms with Crippen LogP contribution in [0.1, 0.15) is 43.8 Å². The topological polar surface area (TPSA) is 46.4 Å². The minimum absolute atomic E-state index is 0.119. The Bertz CT molecular complexity index is 670. The highest BCUT2D eigenvalue weighted by Gasteiger charge is 2.41. The summed E-state index contributed by atoms with van der Waals surface area (Å²) in [7, 11) is 0. The molecule has 20 heavy (non-hydrogen) atoms. The Balaban J connectivity index is 2.05. The Kier molecular flexibility index (Phi) is 3.12. The van der Waals surface area contributed by atoms with Crippen LogP contribution in [-0.2, 0) is 11.2 Å². The largest absolute Gasteiger partial charge is 0.350 e. The number of carbonyl (C=O) groups excluding carboxylic acids is 1. The average molecular weight is 291 g/mol. The number of aromatic nitrogens is 2. The molecule has 0 saturated carbocycles. The van der Waals surface area contributed by atoms with Gasteiger partial charge in [-0.25, -0.2) is 4.98 Å². The van der Waals surface area contributed by atoms with Crippen molar-refractivity contribution >= 4 is 22.2 Å². The number of carbonyl (C=O) groups is 1. The molecule has 0 radical (unpaired) electrons. The summed E-state index contributed by atoms with van der Waals surface area (Å²) < 4.78 is 2.24. The summed E-state index contributed by atoms with van der Waals surface area (Å²) in [5, 5.41) is 5.37. The molecule has 3 rings (SSSR count). The molecule has 5 heteroatoms. The molecule has 1 amide bonds. The first-order valence-corrected chi connectivity index (χ1v) is 8.04. The van der Waals surface area contributed by atoms with Crippen LogP contribution in [-0.4, -0.2) is 20.8 Å². The quantitative estimate of drug-likeness (QED) is 0.945. The molecule has 1 fully saturated rings. The summed E-state index contributed by atoms with van der Waals surface area (Å²) in [6.45, 7) is 8.57. The molecule has 1 N–H and O–H groups in total. The number of aryl methyl sites for hydroxylation is 2. The SMILES string of the molecule is Cc1nc2scc(C)n2c1CC1(C(C)C)CCC(=O)N1. The number of hydrogen-bond acceptors (Lipinski definition) is 3. The molecule has 0 spiro atoms. The zero-order chi connectivity index (χ0) is 14.5. The molecule has 1 atom stereocenters. The molecule has 0 aliphatic carbocycles. The van der Waals surface area contributed by atoms with Gasteiger partial charge in [-0.05, 0) is 26.2 Å². The Labute approximate surface area is 123 Å². The third kappa shape index (κ3) is 1.95. The van der Waals surface area contributed by atoms with Crippen LogP contribution in [0.3, 0.4) is 0 Å². The second-order valence-electron chi connectivity index (χ2n) is 6.17. The van der Waals surface area contributed by atoms with Crippen LogP contribution in [0.4, 0.5) is 0 Å². The zero-order valence-electron chi connectivity index (χ0n) is 12.5. The molecule has 1 saturated heterocycles. The van der Waals surface area contributed by atoms with Crippen LogP contribution >= 0.6 is 11.3 Å². The van der Waals surface area contributed by atoms with E-state index in [0.717, 1.165) is 23.5 Å². The number of fused-ring (bicyclic) bond motifs is 1. The van der Waals surface area contributed by atoms with E-state index in [1.807, 2.05) is 0 Å². The van der Waals surface area contributed by atoms with E-state index < -0.39 is 0 Å². The Hall–Kier alpha value is -1.36. The number of nitrogens with one attached hydrogen (secondary N) is 1. The predicted octanol–water partition coefficient (Wildman–Crippen LogP) is 2.86. The van der Waals surface area contributed by atoms with Gasteiger partial charge in [0.25, 0.3) is 0 Å². The van der Waals surface area contributed by atoms with Crippen LogP contribution in [0, 0.1) is 19.8 Å². The molecule has 0 bridgehead atoms. The fourth-order valence-electron chi connectivity index (χ4n) is 3.18. The van der Waals surface area contributed by atoms with Gasteiger partial charge in [0.15, 0.2) is 4.96 Å². The fourth-order valence-corrected chi connectivity index (χ4v) is 4.11. The number of amides is 1. The van der Waals surface area contributed by atoms with E-state index in [4.69, 9.17) is 0 Å². The van der Waals surface area contributed by atoms with Gasteiger partial charge in [0, 0.05) is 35.1 Å². The lowest BCUT2D eigenvalue weighted by Crippen LogP contribution is -2.48. The van der Waals surface area contributed by atoms with Gasteiger partial charge in [0.05, 0.1) is 5.69 Å². The first kappa shape index (κ1) is 13.6.